The predicted molar refractivity (Wildman–Crippen MR) is 127 cm³/mol. The van der Waals surface area contributed by atoms with Crippen molar-refractivity contribution in [1.82, 2.24) is 16.0 Å². The van der Waals surface area contributed by atoms with Crippen LogP contribution >= 0.6 is 0 Å². The van der Waals surface area contributed by atoms with Gasteiger partial charge in [-0.05, 0) is 17.9 Å². The van der Waals surface area contributed by atoms with E-state index in [9.17, 15) is 28.8 Å². The molecule has 0 aliphatic heterocycles. The van der Waals surface area contributed by atoms with E-state index in [1.165, 1.54) is 0 Å². The largest absolute Gasteiger partial charge is 0.481 e. The molecular formula is C23H33N5O8. The molecule has 0 saturated carbocycles. The Hall–Kier alpha value is -4.00. The van der Waals surface area contributed by atoms with Crippen molar-refractivity contribution in [2.75, 3.05) is 0 Å². The van der Waals surface area contributed by atoms with Gasteiger partial charge in [0.05, 0.1) is 18.9 Å². The summed E-state index contributed by atoms with van der Waals surface area (Å²) in [6.45, 7) is 3.76. The molecule has 9 N–H and O–H groups in total. The summed E-state index contributed by atoms with van der Waals surface area (Å²) in [7, 11) is 0. The van der Waals surface area contributed by atoms with Gasteiger partial charge in [-0.3, -0.25) is 24.0 Å². The summed E-state index contributed by atoms with van der Waals surface area (Å²) in [5, 5.41) is 24.9. The van der Waals surface area contributed by atoms with Crippen LogP contribution in [-0.2, 0) is 35.2 Å². The third-order valence-electron chi connectivity index (χ3n) is 5.01. The number of hydrogen-bond donors (Lipinski definition) is 7. The second-order valence-corrected chi connectivity index (χ2v) is 8.72. The van der Waals surface area contributed by atoms with E-state index in [1.54, 1.807) is 30.3 Å². The van der Waals surface area contributed by atoms with Crippen LogP contribution in [0.1, 0.15) is 38.7 Å². The van der Waals surface area contributed by atoms with Gasteiger partial charge in [0.1, 0.15) is 18.1 Å². The second-order valence-electron chi connectivity index (χ2n) is 8.72. The molecule has 4 unspecified atom stereocenters. The molecule has 1 aromatic carbocycles. The normalized spacial score (nSPS) is 14.1. The number of nitrogens with one attached hydrogen (secondary N) is 3. The molecule has 0 bridgehead atoms. The standard InChI is InChI=1S/C23H33N5O8/c1-12(2)8-14(24)20(32)26-15(9-13-6-4-3-5-7-13)21(33)27-16(10-18(25)29)22(34)28-17(23(35)36)11-19(30)31/h3-7,12,14-17H,8-11,24H2,1-2H3,(H2,25,29)(H,26,32)(H,27,33)(H,28,34)(H,30,31)(H,35,36). The lowest BCUT2D eigenvalue weighted by Crippen LogP contribution is -2.58. The number of carbonyl (C=O) groups is 6. The van der Waals surface area contributed by atoms with Gasteiger partial charge in [0, 0.05) is 6.42 Å². The monoisotopic (exact) mass is 507 g/mol. The van der Waals surface area contributed by atoms with Crippen molar-refractivity contribution in [3.63, 3.8) is 0 Å². The smallest absolute Gasteiger partial charge is 0.326 e. The molecule has 0 aliphatic rings. The molecule has 0 heterocycles. The molecule has 36 heavy (non-hydrogen) atoms. The molecular weight excluding hydrogens is 474 g/mol. The highest BCUT2D eigenvalue weighted by molar-refractivity contribution is 5.96. The van der Waals surface area contributed by atoms with Crippen molar-refractivity contribution in [1.29, 1.82) is 0 Å². The Kier molecular flexibility index (Phi) is 12.0. The van der Waals surface area contributed by atoms with E-state index < -0.39 is 72.6 Å². The predicted octanol–water partition coefficient (Wildman–Crippen LogP) is -1.51. The molecule has 13 heteroatoms. The number of hydrogen-bond acceptors (Lipinski definition) is 7. The first-order chi connectivity index (χ1) is 16.8. The summed E-state index contributed by atoms with van der Waals surface area (Å²) in [6.07, 6.45) is -1.25. The molecule has 1 rings (SSSR count). The molecule has 0 aromatic heterocycles. The maximum Gasteiger partial charge on any atom is 0.326 e. The highest BCUT2D eigenvalue weighted by Crippen LogP contribution is 2.07. The average molecular weight is 508 g/mol. The number of primary amides is 1. The topological polar surface area (TPSA) is 231 Å². The van der Waals surface area contributed by atoms with E-state index in [1.807, 2.05) is 19.2 Å². The van der Waals surface area contributed by atoms with Crippen LogP contribution in [0.4, 0.5) is 0 Å². The highest BCUT2D eigenvalue weighted by Gasteiger charge is 2.32. The van der Waals surface area contributed by atoms with E-state index in [2.05, 4.69) is 10.6 Å². The quantitative estimate of drug-likeness (QED) is 0.146. The Bertz CT molecular complexity index is 953. The van der Waals surface area contributed by atoms with Crippen LogP contribution in [0, 0.1) is 5.92 Å². The van der Waals surface area contributed by atoms with Gasteiger partial charge in [0.15, 0.2) is 0 Å². The van der Waals surface area contributed by atoms with Crippen LogP contribution in [-0.4, -0.2) is 69.9 Å². The summed E-state index contributed by atoms with van der Waals surface area (Å²) in [6, 6.07) is 3.14. The first kappa shape index (κ1) is 30.0. The first-order valence-electron chi connectivity index (χ1n) is 11.2. The summed E-state index contributed by atoms with van der Waals surface area (Å²) in [5.41, 5.74) is 11.8. The van der Waals surface area contributed by atoms with Gasteiger partial charge in [-0.25, -0.2) is 4.79 Å². The van der Waals surface area contributed by atoms with Crippen molar-refractivity contribution < 1.29 is 39.0 Å². The number of rotatable bonds is 15. The molecule has 4 atom stereocenters. The van der Waals surface area contributed by atoms with Gasteiger partial charge >= 0.3 is 11.9 Å². The maximum atomic E-state index is 13.1. The lowest BCUT2D eigenvalue weighted by Gasteiger charge is -2.25. The van der Waals surface area contributed by atoms with Gasteiger partial charge in [0.25, 0.3) is 0 Å². The van der Waals surface area contributed by atoms with E-state index in [4.69, 9.17) is 21.7 Å². The fourth-order valence-electron chi connectivity index (χ4n) is 3.28. The van der Waals surface area contributed by atoms with E-state index >= 15 is 0 Å². The second kappa shape index (κ2) is 14.4. The third kappa shape index (κ3) is 11.0. The number of benzene rings is 1. The van der Waals surface area contributed by atoms with Gasteiger partial charge in [-0.2, -0.15) is 0 Å². The lowest BCUT2D eigenvalue weighted by atomic mass is 10.0. The summed E-state index contributed by atoms with van der Waals surface area (Å²) >= 11 is 0. The van der Waals surface area contributed by atoms with Crippen LogP contribution in [0.2, 0.25) is 0 Å². The maximum absolute atomic E-state index is 13.1. The Morgan fingerprint density at radius 1 is 0.806 bits per heavy atom. The summed E-state index contributed by atoms with van der Waals surface area (Å²) < 4.78 is 0. The molecule has 198 valence electrons. The fraction of sp³-hybridized carbons (Fsp3) is 0.478. The van der Waals surface area contributed by atoms with Gasteiger partial charge in [-0.1, -0.05) is 44.2 Å². The minimum Gasteiger partial charge on any atom is -0.481 e. The van der Waals surface area contributed by atoms with Crippen molar-refractivity contribution in [2.45, 2.75) is 63.7 Å². The van der Waals surface area contributed by atoms with Crippen LogP contribution in [0.3, 0.4) is 0 Å². The molecule has 4 amide bonds. The number of amides is 4. The molecule has 0 fully saturated rings. The third-order valence-corrected chi connectivity index (χ3v) is 5.01. The first-order valence-corrected chi connectivity index (χ1v) is 11.2. The highest BCUT2D eigenvalue weighted by atomic mass is 16.4. The minimum atomic E-state index is -1.81. The van der Waals surface area contributed by atoms with Gasteiger partial charge < -0.3 is 37.6 Å². The Labute approximate surface area is 208 Å². The number of carbonyl (C=O) groups excluding carboxylic acids is 4. The molecule has 0 aliphatic carbocycles. The number of aliphatic carboxylic acids is 2. The van der Waals surface area contributed by atoms with Crippen molar-refractivity contribution in [3.8, 4) is 0 Å². The van der Waals surface area contributed by atoms with Crippen LogP contribution < -0.4 is 27.4 Å². The summed E-state index contributed by atoms with van der Waals surface area (Å²) in [5.74, 6) is -6.55. The Morgan fingerprint density at radius 2 is 1.33 bits per heavy atom. The fourth-order valence-corrected chi connectivity index (χ4v) is 3.28. The number of carboxylic acid groups (broad SMARTS) is 2. The number of nitrogens with two attached hydrogens (primary N) is 2. The minimum absolute atomic E-state index is 0.0223. The zero-order valence-corrected chi connectivity index (χ0v) is 20.1. The zero-order chi connectivity index (χ0) is 27.4. The van der Waals surface area contributed by atoms with E-state index in [0.29, 0.717) is 12.0 Å². The van der Waals surface area contributed by atoms with E-state index in [0.717, 1.165) is 0 Å². The van der Waals surface area contributed by atoms with Crippen molar-refractivity contribution in [3.05, 3.63) is 35.9 Å². The molecule has 0 saturated heterocycles. The molecule has 1 aromatic rings. The zero-order valence-electron chi connectivity index (χ0n) is 20.1. The van der Waals surface area contributed by atoms with Crippen molar-refractivity contribution >= 4 is 35.6 Å². The number of carboxylic acids is 2. The molecule has 0 radical (unpaired) electrons. The Balaban J connectivity index is 3.12. The Morgan fingerprint density at radius 3 is 1.83 bits per heavy atom. The SMILES string of the molecule is CC(C)CC(N)C(=O)NC(Cc1ccccc1)C(=O)NC(CC(N)=O)C(=O)NC(CC(=O)O)C(=O)O. The van der Waals surface area contributed by atoms with Gasteiger partial charge in [0.2, 0.25) is 23.6 Å². The summed E-state index contributed by atoms with van der Waals surface area (Å²) in [4.78, 5) is 72.1. The lowest BCUT2D eigenvalue weighted by molar-refractivity contribution is -0.147. The average Bonchev–Trinajstić information content (AvgIpc) is 2.77. The molecule has 13 nitrogen and oxygen atoms in total. The van der Waals surface area contributed by atoms with Crippen LogP contribution in [0.5, 0.6) is 0 Å². The molecule has 0 spiro atoms. The van der Waals surface area contributed by atoms with Crippen molar-refractivity contribution in [2.24, 2.45) is 17.4 Å². The van der Waals surface area contributed by atoms with Crippen LogP contribution in [0.15, 0.2) is 30.3 Å². The van der Waals surface area contributed by atoms with Crippen LogP contribution in [0.25, 0.3) is 0 Å². The van der Waals surface area contributed by atoms with E-state index in [-0.39, 0.29) is 12.3 Å². The van der Waals surface area contributed by atoms with Gasteiger partial charge in [-0.15, -0.1) is 0 Å².